The monoisotopic (exact) mass is 903 g/mol. The maximum absolute atomic E-state index is 2.47. The van der Waals surface area contributed by atoms with Gasteiger partial charge in [-0.2, -0.15) is 0 Å². The van der Waals surface area contributed by atoms with Crippen molar-refractivity contribution in [2.24, 2.45) is 0 Å². The third-order valence-corrected chi connectivity index (χ3v) is 16.3. The number of rotatable bonds is 8. The molecule has 3 aliphatic carbocycles. The van der Waals surface area contributed by atoms with Gasteiger partial charge in [0.15, 0.2) is 0 Å². The van der Waals surface area contributed by atoms with Crippen LogP contribution in [-0.2, 0) is 16.2 Å². The molecule has 0 radical (unpaired) electrons. The molecule has 11 aromatic rings. The van der Waals surface area contributed by atoms with Crippen LogP contribution in [0.25, 0.3) is 33.4 Å². The van der Waals surface area contributed by atoms with Gasteiger partial charge < -0.3 is 4.90 Å². The summed E-state index contributed by atoms with van der Waals surface area (Å²) in [4.78, 5) is 2.47. The van der Waals surface area contributed by atoms with Gasteiger partial charge in [0.2, 0.25) is 0 Å². The maximum Gasteiger partial charge on any atom is 0.0713 e. The summed E-state index contributed by atoms with van der Waals surface area (Å²) in [5, 5.41) is 0. The van der Waals surface area contributed by atoms with Crippen LogP contribution in [0.3, 0.4) is 0 Å². The van der Waals surface area contributed by atoms with E-state index in [1.807, 2.05) is 0 Å². The Morgan fingerprint density at radius 2 is 0.507 bits per heavy atom. The molecule has 0 heterocycles. The van der Waals surface area contributed by atoms with Gasteiger partial charge in [0.05, 0.1) is 10.8 Å². The smallest absolute Gasteiger partial charge is 0.0713 e. The number of hydrogen-bond acceptors (Lipinski definition) is 1. The summed E-state index contributed by atoms with van der Waals surface area (Å²) in [7, 11) is 0. The highest BCUT2D eigenvalue weighted by Gasteiger charge is 2.48. The maximum atomic E-state index is 2.47. The van der Waals surface area contributed by atoms with E-state index in [4.69, 9.17) is 0 Å². The average Bonchev–Trinajstić information content (AvgIpc) is 4.03. The number of benzene rings is 11. The summed E-state index contributed by atoms with van der Waals surface area (Å²) in [6.45, 7) is 2.41. The Bertz CT molecular complexity index is 3540. The van der Waals surface area contributed by atoms with Gasteiger partial charge in [0, 0.05) is 22.5 Å². The van der Waals surface area contributed by atoms with Gasteiger partial charge in [-0.1, -0.05) is 243 Å². The molecule has 1 heteroatoms. The van der Waals surface area contributed by atoms with Crippen LogP contribution in [0.15, 0.2) is 279 Å². The van der Waals surface area contributed by atoms with E-state index in [2.05, 4.69) is 291 Å². The molecule has 1 nitrogen and oxygen atoms in total. The second-order valence-electron chi connectivity index (χ2n) is 19.6. The van der Waals surface area contributed by atoms with Crippen LogP contribution in [0.5, 0.6) is 0 Å². The van der Waals surface area contributed by atoms with Crippen LogP contribution >= 0.6 is 0 Å². The summed E-state index contributed by atoms with van der Waals surface area (Å²) in [6.07, 6.45) is 0. The zero-order chi connectivity index (χ0) is 47.2. The molecule has 14 rings (SSSR count). The molecule has 71 heavy (non-hydrogen) atoms. The zero-order valence-corrected chi connectivity index (χ0v) is 39.5. The lowest BCUT2D eigenvalue weighted by Gasteiger charge is -2.35. The third kappa shape index (κ3) is 5.75. The fourth-order valence-electron chi connectivity index (χ4n) is 13.3. The lowest BCUT2D eigenvalue weighted by molar-refractivity contribution is 0.714. The topological polar surface area (TPSA) is 3.24 Å². The molecule has 0 amide bonds. The molecular formula is C70H49N. The first-order chi connectivity index (χ1) is 35.1. The van der Waals surface area contributed by atoms with Gasteiger partial charge in [-0.25, -0.2) is 0 Å². The number of hydrogen-bond donors (Lipinski definition) is 0. The molecule has 0 fully saturated rings. The Kier molecular flexibility index (Phi) is 9.22. The largest absolute Gasteiger partial charge is 0.310 e. The van der Waals surface area contributed by atoms with Gasteiger partial charge in [-0.3, -0.25) is 0 Å². The van der Waals surface area contributed by atoms with Crippen LogP contribution in [0.4, 0.5) is 17.1 Å². The lowest BCUT2D eigenvalue weighted by atomic mass is 9.67. The van der Waals surface area contributed by atoms with Crippen molar-refractivity contribution in [1.29, 1.82) is 0 Å². The Hall–Kier alpha value is -8.78. The van der Waals surface area contributed by atoms with Crippen LogP contribution in [0.1, 0.15) is 68.1 Å². The van der Waals surface area contributed by atoms with E-state index in [9.17, 15) is 0 Å². The van der Waals surface area contributed by atoms with Crippen LogP contribution in [0, 0.1) is 0 Å². The molecule has 0 aromatic heterocycles. The highest BCUT2D eigenvalue weighted by molar-refractivity contribution is 5.90. The van der Waals surface area contributed by atoms with E-state index in [1.54, 1.807) is 0 Å². The Morgan fingerprint density at radius 1 is 0.225 bits per heavy atom. The molecule has 0 saturated carbocycles. The Labute approximate surface area is 416 Å². The first-order valence-corrected chi connectivity index (χ1v) is 24.9. The fourth-order valence-corrected chi connectivity index (χ4v) is 13.3. The van der Waals surface area contributed by atoms with E-state index >= 15 is 0 Å². The Balaban J connectivity index is 0.976. The molecule has 0 bridgehead atoms. The van der Waals surface area contributed by atoms with Crippen LogP contribution in [0.2, 0.25) is 0 Å². The molecule has 11 aromatic carbocycles. The van der Waals surface area contributed by atoms with Gasteiger partial charge in [0.25, 0.3) is 0 Å². The van der Waals surface area contributed by atoms with Crippen molar-refractivity contribution in [2.75, 3.05) is 4.90 Å². The van der Waals surface area contributed by atoms with Crippen molar-refractivity contribution >= 4 is 17.1 Å². The van der Waals surface area contributed by atoms with Crippen molar-refractivity contribution in [3.8, 4) is 33.4 Å². The molecular weight excluding hydrogens is 855 g/mol. The van der Waals surface area contributed by atoms with E-state index in [-0.39, 0.29) is 5.41 Å². The van der Waals surface area contributed by atoms with Gasteiger partial charge in [0.1, 0.15) is 0 Å². The van der Waals surface area contributed by atoms with E-state index < -0.39 is 10.8 Å². The fraction of sp³-hybridized carbons (Fsp3) is 0.0571. The first-order valence-electron chi connectivity index (χ1n) is 24.9. The summed E-state index contributed by atoms with van der Waals surface area (Å²) < 4.78 is 0. The highest BCUT2D eigenvalue weighted by atomic mass is 15.1. The second kappa shape index (κ2) is 15.9. The lowest BCUT2D eigenvalue weighted by Crippen LogP contribution is -2.28. The first kappa shape index (κ1) is 41.2. The summed E-state index contributed by atoms with van der Waals surface area (Å²) >= 11 is 0. The summed E-state index contributed by atoms with van der Waals surface area (Å²) in [5.41, 5.74) is 23.9. The number of fused-ring (bicyclic) bond motifs is 9. The van der Waals surface area contributed by atoms with E-state index in [0.29, 0.717) is 0 Å². The zero-order valence-electron chi connectivity index (χ0n) is 39.5. The van der Waals surface area contributed by atoms with Crippen LogP contribution in [-0.4, -0.2) is 0 Å². The van der Waals surface area contributed by atoms with Crippen molar-refractivity contribution in [1.82, 2.24) is 0 Å². The molecule has 1 atom stereocenters. The third-order valence-electron chi connectivity index (χ3n) is 16.3. The number of anilines is 3. The van der Waals surface area contributed by atoms with Crippen molar-refractivity contribution < 1.29 is 0 Å². The quantitative estimate of drug-likeness (QED) is 0.147. The van der Waals surface area contributed by atoms with Crippen molar-refractivity contribution in [2.45, 2.75) is 23.2 Å². The minimum atomic E-state index is -0.490. The van der Waals surface area contributed by atoms with Gasteiger partial charge in [-0.05, 0) is 138 Å². The SMILES string of the molecule is CC1(c2ccccc2)c2ccccc2-c2ccc(N(c3ccc(C4(c5ccccc5)c5ccccc5-c5ccccc54)cc3)c3ccc(C4(c5ccccc5)c5ccccc5-c5ccccc54)cc3)cc21. The molecule has 1 unspecified atom stereocenters. The normalized spacial score (nSPS) is 16.0. The predicted octanol–water partition coefficient (Wildman–Crippen LogP) is 17.2. The highest BCUT2D eigenvalue weighted by Crippen LogP contribution is 2.59. The van der Waals surface area contributed by atoms with E-state index in [1.165, 1.54) is 94.6 Å². The molecule has 0 aliphatic heterocycles. The molecule has 3 aliphatic rings. The van der Waals surface area contributed by atoms with Gasteiger partial charge in [-0.15, -0.1) is 0 Å². The minimum absolute atomic E-state index is 0.348. The second-order valence-corrected chi connectivity index (χ2v) is 19.6. The van der Waals surface area contributed by atoms with Crippen molar-refractivity contribution in [3.05, 3.63) is 340 Å². The molecule has 0 spiro atoms. The summed E-state index contributed by atoms with van der Waals surface area (Å²) in [6, 6.07) is 104. The number of nitrogens with zero attached hydrogens (tertiary/aromatic N) is 1. The average molecular weight is 904 g/mol. The Morgan fingerprint density at radius 3 is 0.901 bits per heavy atom. The standard InChI is InChI=1S/C70H49N/c1-68(48-21-5-2-6-22-48)62-32-16-11-27-56(62)61-46-45-55(47-67(61)68)71(53-41-37-51(38-42-53)69(49-23-7-3-8-24-49)63-33-17-12-28-57(63)58-29-13-18-34-64(58)69)54-43-39-52(40-44-54)70(50-25-9-4-10-26-50)65-35-19-14-30-59(65)60-31-15-20-36-66(60)70/h2-47H,1H3. The minimum Gasteiger partial charge on any atom is -0.310 e. The van der Waals surface area contributed by atoms with Gasteiger partial charge >= 0.3 is 0 Å². The molecule has 0 N–H and O–H groups in total. The molecule has 0 saturated heterocycles. The predicted molar refractivity (Wildman–Crippen MR) is 293 cm³/mol. The summed E-state index contributed by atoms with van der Waals surface area (Å²) in [5.74, 6) is 0. The molecule has 334 valence electrons. The van der Waals surface area contributed by atoms with Crippen molar-refractivity contribution in [3.63, 3.8) is 0 Å². The van der Waals surface area contributed by atoms with E-state index in [0.717, 1.165) is 17.1 Å². The van der Waals surface area contributed by atoms with Crippen LogP contribution < -0.4 is 4.90 Å².